The van der Waals surface area contributed by atoms with Crippen LogP contribution in [0, 0.1) is 0 Å². The molecule has 0 spiro atoms. The van der Waals surface area contributed by atoms with Crippen molar-refractivity contribution in [2.24, 2.45) is 0 Å². The minimum atomic E-state index is -0.0476. The first-order valence-electron chi connectivity index (χ1n) is 8.96. The first-order chi connectivity index (χ1) is 13.2. The lowest BCUT2D eigenvalue weighted by molar-refractivity contribution is 0.0734. The van der Waals surface area contributed by atoms with E-state index in [1.807, 2.05) is 36.1 Å². The number of amides is 1. The van der Waals surface area contributed by atoms with Gasteiger partial charge in [0.1, 0.15) is 11.6 Å². The van der Waals surface area contributed by atoms with Crippen LogP contribution < -0.4 is 10.5 Å². The topological polar surface area (TPSA) is 97.1 Å². The van der Waals surface area contributed by atoms with E-state index in [0.717, 1.165) is 34.7 Å². The summed E-state index contributed by atoms with van der Waals surface area (Å²) in [5.41, 5.74) is 10.3. The van der Waals surface area contributed by atoms with E-state index < -0.39 is 0 Å². The molecule has 3 aromatic rings. The van der Waals surface area contributed by atoms with Crippen LogP contribution in [0.3, 0.4) is 0 Å². The van der Waals surface area contributed by atoms with Gasteiger partial charge in [-0.3, -0.25) is 9.89 Å². The summed E-state index contributed by atoms with van der Waals surface area (Å²) in [6.45, 7) is 3.74. The van der Waals surface area contributed by atoms with Gasteiger partial charge in [-0.05, 0) is 43.3 Å². The summed E-state index contributed by atoms with van der Waals surface area (Å²) in [6.07, 6.45) is 2.30. The van der Waals surface area contributed by atoms with Gasteiger partial charge in [-0.1, -0.05) is 0 Å². The van der Waals surface area contributed by atoms with Gasteiger partial charge in [0.2, 0.25) is 0 Å². The molecule has 27 heavy (non-hydrogen) atoms. The molecule has 0 fully saturated rings. The molecule has 0 unspecified atom stereocenters. The number of hydrogen-bond acceptors (Lipinski definition) is 5. The number of pyridine rings is 1. The van der Waals surface area contributed by atoms with Crippen LogP contribution in [0.1, 0.15) is 28.5 Å². The number of nitrogens with zero attached hydrogens (tertiary/aromatic N) is 3. The van der Waals surface area contributed by atoms with Crippen molar-refractivity contribution < 1.29 is 9.53 Å². The van der Waals surface area contributed by atoms with Crippen molar-refractivity contribution >= 4 is 11.7 Å². The summed E-state index contributed by atoms with van der Waals surface area (Å²) in [7, 11) is 0. The Bertz CT molecular complexity index is 965. The Kier molecular flexibility index (Phi) is 4.50. The van der Waals surface area contributed by atoms with Crippen molar-refractivity contribution in [3.8, 4) is 17.0 Å². The number of aromatic nitrogens is 3. The molecule has 0 aliphatic carbocycles. The summed E-state index contributed by atoms with van der Waals surface area (Å²) in [6, 6.07) is 11.2. The van der Waals surface area contributed by atoms with E-state index in [1.165, 1.54) is 0 Å². The largest absolute Gasteiger partial charge is 0.494 e. The molecule has 1 aliphatic heterocycles. The standard InChI is InChI=1S/C20H21N5O2/c1-2-27-15-5-3-13(4-6-15)19-16-12-25(10-8-17(16)23-24-19)20(26)14-7-9-22-18(21)11-14/h3-7,9,11H,2,8,10,12H2,1H3,(H2,21,22)(H,23,24). The summed E-state index contributed by atoms with van der Waals surface area (Å²) in [5.74, 6) is 1.13. The van der Waals surface area contributed by atoms with Gasteiger partial charge in [-0.2, -0.15) is 5.10 Å². The van der Waals surface area contributed by atoms with Crippen molar-refractivity contribution in [1.29, 1.82) is 0 Å². The summed E-state index contributed by atoms with van der Waals surface area (Å²) < 4.78 is 5.50. The highest BCUT2D eigenvalue weighted by molar-refractivity contribution is 5.95. The van der Waals surface area contributed by atoms with Gasteiger partial charge >= 0.3 is 0 Å². The molecular formula is C20H21N5O2. The summed E-state index contributed by atoms with van der Waals surface area (Å²) in [4.78, 5) is 18.6. The number of fused-ring (bicyclic) bond motifs is 1. The van der Waals surface area contributed by atoms with Gasteiger partial charge < -0.3 is 15.4 Å². The van der Waals surface area contributed by atoms with Gasteiger partial charge in [0, 0.05) is 48.1 Å². The molecule has 0 bridgehead atoms. The maximum atomic E-state index is 12.8. The molecule has 3 N–H and O–H groups in total. The van der Waals surface area contributed by atoms with Crippen LogP contribution in [-0.2, 0) is 13.0 Å². The minimum absolute atomic E-state index is 0.0476. The molecule has 3 heterocycles. The number of rotatable bonds is 4. The summed E-state index contributed by atoms with van der Waals surface area (Å²) in [5, 5.41) is 7.61. The number of anilines is 1. The SMILES string of the molecule is CCOc1ccc(-c2n[nH]c3c2CN(C(=O)c2ccnc(N)c2)CC3)cc1. The van der Waals surface area contributed by atoms with E-state index >= 15 is 0 Å². The maximum absolute atomic E-state index is 12.8. The van der Waals surface area contributed by atoms with Crippen LogP contribution in [-0.4, -0.2) is 39.1 Å². The Morgan fingerprint density at radius 1 is 1.30 bits per heavy atom. The van der Waals surface area contributed by atoms with E-state index in [9.17, 15) is 4.79 Å². The molecule has 1 aliphatic rings. The van der Waals surface area contributed by atoms with E-state index in [0.29, 0.717) is 31.1 Å². The Balaban J connectivity index is 1.59. The van der Waals surface area contributed by atoms with Crippen molar-refractivity contribution in [2.75, 3.05) is 18.9 Å². The molecule has 4 rings (SSSR count). The lowest BCUT2D eigenvalue weighted by Gasteiger charge is -2.27. The molecule has 1 amide bonds. The second kappa shape index (κ2) is 7.11. The highest BCUT2D eigenvalue weighted by atomic mass is 16.5. The molecule has 0 radical (unpaired) electrons. The quantitative estimate of drug-likeness (QED) is 0.743. The number of aromatic amines is 1. The highest BCUT2D eigenvalue weighted by Crippen LogP contribution is 2.30. The van der Waals surface area contributed by atoms with E-state index in [4.69, 9.17) is 10.5 Å². The van der Waals surface area contributed by atoms with E-state index in [-0.39, 0.29) is 5.91 Å². The number of nitrogen functional groups attached to an aromatic ring is 1. The average Bonchev–Trinajstić information content (AvgIpc) is 3.11. The van der Waals surface area contributed by atoms with Gasteiger partial charge in [-0.15, -0.1) is 0 Å². The molecule has 2 aromatic heterocycles. The number of benzene rings is 1. The number of nitrogens with one attached hydrogen (secondary N) is 1. The van der Waals surface area contributed by atoms with Crippen LogP contribution in [0.2, 0.25) is 0 Å². The highest BCUT2D eigenvalue weighted by Gasteiger charge is 2.26. The predicted octanol–water partition coefficient (Wildman–Crippen LogP) is 2.65. The normalized spacial score (nSPS) is 13.3. The average molecular weight is 363 g/mol. The third kappa shape index (κ3) is 3.36. The molecule has 138 valence electrons. The first-order valence-corrected chi connectivity index (χ1v) is 8.96. The zero-order valence-corrected chi connectivity index (χ0v) is 15.1. The third-order valence-electron chi connectivity index (χ3n) is 4.69. The maximum Gasteiger partial charge on any atom is 0.254 e. The Labute approximate surface area is 157 Å². The molecule has 0 atom stereocenters. The van der Waals surface area contributed by atoms with E-state index in [1.54, 1.807) is 18.3 Å². The van der Waals surface area contributed by atoms with Crippen molar-refractivity contribution in [3.05, 3.63) is 59.4 Å². The van der Waals surface area contributed by atoms with Crippen molar-refractivity contribution in [1.82, 2.24) is 20.1 Å². The third-order valence-corrected chi connectivity index (χ3v) is 4.69. The first kappa shape index (κ1) is 17.1. The predicted molar refractivity (Wildman–Crippen MR) is 102 cm³/mol. The fourth-order valence-corrected chi connectivity index (χ4v) is 3.35. The smallest absolute Gasteiger partial charge is 0.254 e. The van der Waals surface area contributed by atoms with Crippen LogP contribution in [0.15, 0.2) is 42.6 Å². The molecule has 0 saturated carbocycles. The summed E-state index contributed by atoms with van der Waals surface area (Å²) >= 11 is 0. The van der Waals surface area contributed by atoms with Gasteiger partial charge in [0.05, 0.1) is 12.3 Å². The monoisotopic (exact) mass is 363 g/mol. The fourth-order valence-electron chi connectivity index (χ4n) is 3.35. The van der Waals surface area contributed by atoms with Gasteiger partial charge in [0.25, 0.3) is 5.91 Å². The van der Waals surface area contributed by atoms with Crippen molar-refractivity contribution in [3.63, 3.8) is 0 Å². The van der Waals surface area contributed by atoms with E-state index in [2.05, 4.69) is 15.2 Å². The number of H-pyrrole nitrogens is 1. The number of carbonyl (C=O) groups is 1. The number of ether oxygens (including phenoxy) is 1. The molecule has 7 nitrogen and oxygen atoms in total. The number of hydrogen-bond donors (Lipinski definition) is 2. The van der Waals surface area contributed by atoms with Crippen LogP contribution in [0.5, 0.6) is 5.75 Å². The zero-order chi connectivity index (χ0) is 18.8. The molecule has 1 aromatic carbocycles. The second-order valence-corrected chi connectivity index (χ2v) is 6.43. The minimum Gasteiger partial charge on any atom is -0.494 e. The number of carbonyl (C=O) groups excluding carboxylic acids is 1. The van der Waals surface area contributed by atoms with Crippen LogP contribution in [0.25, 0.3) is 11.3 Å². The van der Waals surface area contributed by atoms with Gasteiger partial charge in [0.15, 0.2) is 0 Å². The van der Waals surface area contributed by atoms with Gasteiger partial charge in [-0.25, -0.2) is 4.98 Å². The Morgan fingerprint density at radius 2 is 2.11 bits per heavy atom. The lowest BCUT2D eigenvalue weighted by atomic mass is 10.0. The Hall–Kier alpha value is -3.35. The molecule has 7 heteroatoms. The van der Waals surface area contributed by atoms with Crippen molar-refractivity contribution in [2.45, 2.75) is 19.9 Å². The Morgan fingerprint density at radius 3 is 2.85 bits per heavy atom. The zero-order valence-electron chi connectivity index (χ0n) is 15.1. The van der Waals surface area contributed by atoms with Crippen LogP contribution in [0.4, 0.5) is 5.82 Å². The second-order valence-electron chi connectivity index (χ2n) is 6.43. The number of nitrogens with two attached hydrogens (primary N) is 1. The fraction of sp³-hybridized carbons (Fsp3) is 0.250. The molecule has 0 saturated heterocycles. The molecular weight excluding hydrogens is 342 g/mol. The lowest BCUT2D eigenvalue weighted by Crippen LogP contribution is -2.36. The van der Waals surface area contributed by atoms with Crippen LogP contribution >= 0.6 is 0 Å².